The number of nitrogens with zero attached hydrogens (tertiary/aromatic N) is 2. The van der Waals surface area contributed by atoms with Crippen LogP contribution in [-0.4, -0.2) is 46.5 Å². The van der Waals surface area contributed by atoms with Gasteiger partial charge < -0.3 is 15.5 Å². The van der Waals surface area contributed by atoms with Crippen molar-refractivity contribution in [3.8, 4) is 11.1 Å². The van der Waals surface area contributed by atoms with Crippen LogP contribution in [0.25, 0.3) is 11.1 Å². The summed E-state index contributed by atoms with van der Waals surface area (Å²) in [7, 11) is 0. The number of anilines is 2. The number of carbonyl (C=O) groups excluding carboxylic acids is 2. The first kappa shape index (κ1) is 26.3. The highest BCUT2D eigenvalue weighted by molar-refractivity contribution is 5.99. The lowest BCUT2D eigenvalue weighted by molar-refractivity contribution is -0.117. The van der Waals surface area contributed by atoms with Crippen molar-refractivity contribution in [3.05, 3.63) is 77.8 Å². The van der Waals surface area contributed by atoms with Gasteiger partial charge in [0.1, 0.15) is 5.82 Å². The Morgan fingerprint density at radius 1 is 1.11 bits per heavy atom. The Kier molecular flexibility index (Phi) is 8.50. The average molecular weight is 504 g/mol. The summed E-state index contributed by atoms with van der Waals surface area (Å²) in [5.74, 6) is -0.429. The number of aromatic amines is 1. The van der Waals surface area contributed by atoms with Crippen LogP contribution >= 0.6 is 0 Å². The predicted octanol–water partition coefficient (Wildman–Crippen LogP) is 5.67. The molecule has 1 unspecified atom stereocenters. The fraction of sp³-hybridized carbons (Fsp3) is 0.345. The van der Waals surface area contributed by atoms with Crippen LogP contribution in [0, 0.1) is 5.82 Å². The van der Waals surface area contributed by atoms with Crippen LogP contribution in [0.15, 0.2) is 60.7 Å². The van der Waals surface area contributed by atoms with E-state index in [9.17, 15) is 14.0 Å². The Hall–Kier alpha value is -3.78. The molecule has 0 aliphatic heterocycles. The molecule has 4 rings (SSSR count). The third-order valence-electron chi connectivity index (χ3n) is 6.73. The smallest absolute Gasteiger partial charge is 0.248 e. The molecule has 1 heterocycles. The second-order valence-electron chi connectivity index (χ2n) is 9.39. The van der Waals surface area contributed by atoms with Crippen LogP contribution in [0.3, 0.4) is 0 Å². The summed E-state index contributed by atoms with van der Waals surface area (Å²) in [6.45, 7) is 8.41. The number of H-pyrrole nitrogens is 1. The highest BCUT2D eigenvalue weighted by Gasteiger charge is 2.26. The molecule has 1 fully saturated rings. The van der Waals surface area contributed by atoms with Crippen LogP contribution in [0.1, 0.15) is 56.7 Å². The van der Waals surface area contributed by atoms with E-state index in [1.165, 1.54) is 12.1 Å². The monoisotopic (exact) mass is 503 g/mol. The van der Waals surface area contributed by atoms with Crippen molar-refractivity contribution >= 4 is 23.3 Å². The number of hydrogen-bond donors (Lipinski definition) is 3. The standard InChI is InChI=1S/C29H34FN5O2/c1-4-35(5-2)15-7-10-28(36)31-25-14-13-23(17-24(25)30)22-9-6-8-21(16-22)19(3)29(37)32-27-18-26(33-34-27)20-11-12-20/h6-10,13-14,16-20H,4-5,11-12,15H2,1-3H3,(H,31,36)(H2,32,33,34,37)/b10-7+. The Bertz CT molecular complexity index is 1280. The summed E-state index contributed by atoms with van der Waals surface area (Å²) in [6, 6.07) is 14.1. The summed E-state index contributed by atoms with van der Waals surface area (Å²) >= 11 is 0. The summed E-state index contributed by atoms with van der Waals surface area (Å²) in [5.41, 5.74) is 3.42. The van der Waals surface area contributed by atoms with E-state index in [0.29, 0.717) is 23.8 Å². The first-order valence-corrected chi connectivity index (χ1v) is 12.8. The Labute approximate surface area is 217 Å². The zero-order chi connectivity index (χ0) is 26.4. The van der Waals surface area contributed by atoms with E-state index in [-0.39, 0.29) is 17.5 Å². The van der Waals surface area contributed by atoms with E-state index in [1.54, 1.807) is 18.2 Å². The van der Waals surface area contributed by atoms with Gasteiger partial charge in [-0.3, -0.25) is 14.7 Å². The second-order valence-corrected chi connectivity index (χ2v) is 9.39. The minimum atomic E-state index is -0.524. The molecular weight excluding hydrogens is 469 g/mol. The summed E-state index contributed by atoms with van der Waals surface area (Å²) in [5, 5.41) is 12.7. The molecule has 2 amide bonds. The van der Waals surface area contributed by atoms with Crippen LogP contribution in [-0.2, 0) is 9.59 Å². The molecule has 8 heteroatoms. The first-order valence-electron chi connectivity index (χ1n) is 12.8. The van der Waals surface area contributed by atoms with Crippen molar-refractivity contribution < 1.29 is 14.0 Å². The number of benzene rings is 2. The van der Waals surface area contributed by atoms with Gasteiger partial charge in [-0.15, -0.1) is 0 Å². The van der Waals surface area contributed by atoms with E-state index in [4.69, 9.17) is 0 Å². The molecule has 3 aromatic rings. The van der Waals surface area contributed by atoms with Crippen molar-refractivity contribution in [1.29, 1.82) is 0 Å². The maximum Gasteiger partial charge on any atom is 0.248 e. The van der Waals surface area contributed by atoms with E-state index in [1.807, 2.05) is 37.3 Å². The van der Waals surface area contributed by atoms with Crippen LogP contribution in [0.4, 0.5) is 15.9 Å². The molecule has 194 valence electrons. The molecule has 37 heavy (non-hydrogen) atoms. The van der Waals surface area contributed by atoms with E-state index in [0.717, 1.165) is 42.8 Å². The van der Waals surface area contributed by atoms with Gasteiger partial charge in [0.25, 0.3) is 0 Å². The molecule has 1 saturated carbocycles. The zero-order valence-corrected chi connectivity index (χ0v) is 21.6. The first-order chi connectivity index (χ1) is 17.9. The molecule has 1 aliphatic rings. The molecule has 3 N–H and O–H groups in total. The van der Waals surface area contributed by atoms with Crippen molar-refractivity contribution in [1.82, 2.24) is 15.1 Å². The Balaban J connectivity index is 1.39. The summed E-state index contributed by atoms with van der Waals surface area (Å²) in [6.07, 6.45) is 5.51. The van der Waals surface area contributed by atoms with Gasteiger partial charge in [0.2, 0.25) is 11.8 Å². The van der Waals surface area contributed by atoms with Crippen molar-refractivity contribution in [2.24, 2.45) is 0 Å². The van der Waals surface area contributed by atoms with Gasteiger partial charge >= 0.3 is 0 Å². The lowest BCUT2D eigenvalue weighted by Crippen LogP contribution is -2.23. The fourth-order valence-electron chi connectivity index (χ4n) is 4.14. The average Bonchev–Trinajstić information content (AvgIpc) is 3.66. The number of carbonyl (C=O) groups is 2. The third kappa shape index (κ3) is 6.92. The minimum Gasteiger partial charge on any atom is -0.320 e. The summed E-state index contributed by atoms with van der Waals surface area (Å²) < 4.78 is 14.8. The lowest BCUT2D eigenvalue weighted by atomic mass is 9.95. The quantitative estimate of drug-likeness (QED) is 0.294. The molecule has 0 saturated heterocycles. The fourth-order valence-corrected chi connectivity index (χ4v) is 4.14. The largest absolute Gasteiger partial charge is 0.320 e. The van der Waals surface area contributed by atoms with E-state index < -0.39 is 11.7 Å². The van der Waals surface area contributed by atoms with Gasteiger partial charge in [-0.05, 0) is 61.7 Å². The number of rotatable bonds is 11. The van der Waals surface area contributed by atoms with Gasteiger partial charge in [-0.25, -0.2) is 4.39 Å². The van der Waals surface area contributed by atoms with Crippen molar-refractivity contribution in [2.75, 3.05) is 30.3 Å². The predicted molar refractivity (Wildman–Crippen MR) is 145 cm³/mol. The number of likely N-dealkylation sites (N-methyl/N-ethyl adjacent to an activating group) is 1. The van der Waals surface area contributed by atoms with Crippen LogP contribution in [0.5, 0.6) is 0 Å². The van der Waals surface area contributed by atoms with Gasteiger partial charge in [-0.1, -0.05) is 50.3 Å². The second kappa shape index (κ2) is 12.0. The molecule has 1 aliphatic carbocycles. The normalized spacial score (nSPS) is 14.2. The Morgan fingerprint density at radius 2 is 1.86 bits per heavy atom. The zero-order valence-electron chi connectivity index (χ0n) is 21.6. The molecule has 0 bridgehead atoms. The molecular formula is C29H34FN5O2. The van der Waals surface area contributed by atoms with Crippen LogP contribution in [0.2, 0.25) is 0 Å². The van der Waals surface area contributed by atoms with Gasteiger partial charge in [-0.2, -0.15) is 5.10 Å². The molecule has 7 nitrogen and oxygen atoms in total. The molecule has 1 atom stereocenters. The number of aromatic nitrogens is 2. The molecule has 0 radical (unpaired) electrons. The van der Waals surface area contributed by atoms with E-state index >= 15 is 0 Å². The highest BCUT2D eigenvalue weighted by atomic mass is 19.1. The highest BCUT2D eigenvalue weighted by Crippen LogP contribution is 2.39. The third-order valence-corrected chi connectivity index (χ3v) is 6.73. The van der Waals surface area contributed by atoms with E-state index in [2.05, 4.69) is 39.6 Å². The van der Waals surface area contributed by atoms with Gasteiger partial charge in [0.15, 0.2) is 5.82 Å². The maximum absolute atomic E-state index is 14.8. The van der Waals surface area contributed by atoms with Gasteiger partial charge in [0, 0.05) is 30.3 Å². The number of nitrogens with one attached hydrogen (secondary N) is 3. The van der Waals surface area contributed by atoms with Crippen molar-refractivity contribution in [2.45, 2.75) is 45.4 Å². The molecule has 0 spiro atoms. The maximum atomic E-state index is 14.8. The Morgan fingerprint density at radius 3 is 2.57 bits per heavy atom. The molecule has 2 aromatic carbocycles. The number of hydrogen-bond acceptors (Lipinski definition) is 4. The number of halogens is 1. The topological polar surface area (TPSA) is 90.1 Å². The molecule has 1 aromatic heterocycles. The minimum absolute atomic E-state index is 0.120. The van der Waals surface area contributed by atoms with Crippen molar-refractivity contribution in [3.63, 3.8) is 0 Å². The van der Waals surface area contributed by atoms with Gasteiger partial charge in [0.05, 0.1) is 11.6 Å². The lowest BCUT2D eigenvalue weighted by Gasteiger charge is -2.14. The number of amides is 2. The SMILES string of the molecule is CCN(CC)C/C=C/C(=O)Nc1ccc(-c2cccc(C(C)C(=O)Nc3cc(C4CC4)[nH]n3)c2)cc1F. The van der Waals surface area contributed by atoms with Crippen LogP contribution < -0.4 is 10.6 Å². The summed E-state index contributed by atoms with van der Waals surface area (Å²) in [4.78, 5) is 27.2.